The molecule has 2 rings (SSSR count). The number of fused-ring (bicyclic) bond motifs is 1. The molecule has 1 aliphatic rings. The molecular formula is C17H25NO2. The number of methoxy groups -OCH3 is 1. The summed E-state index contributed by atoms with van der Waals surface area (Å²) in [5, 5.41) is 3.52. The van der Waals surface area contributed by atoms with Crippen molar-refractivity contribution in [3.8, 4) is 0 Å². The molecular weight excluding hydrogens is 250 g/mol. The van der Waals surface area contributed by atoms with Crippen LogP contribution < -0.4 is 5.32 Å². The third kappa shape index (κ3) is 2.73. The van der Waals surface area contributed by atoms with E-state index in [2.05, 4.69) is 43.4 Å². The lowest BCUT2D eigenvalue weighted by atomic mass is 9.69. The first-order chi connectivity index (χ1) is 9.28. The molecule has 1 unspecified atom stereocenters. The van der Waals surface area contributed by atoms with Crippen LogP contribution in [0.3, 0.4) is 0 Å². The van der Waals surface area contributed by atoms with Gasteiger partial charge in [-0.3, -0.25) is 10.1 Å². The van der Waals surface area contributed by atoms with Gasteiger partial charge < -0.3 is 4.74 Å². The zero-order chi connectivity index (χ0) is 15.0. The Morgan fingerprint density at radius 2 is 2.00 bits per heavy atom. The molecule has 1 aromatic rings. The van der Waals surface area contributed by atoms with Crippen LogP contribution in [0.2, 0.25) is 0 Å². The molecule has 0 aromatic heterocycles. The van der Waals surface area contributed by atoms with Crippen molar-refractivity contribution in [2.75, 3.05) is 7.11 Å². The molecule has 0 heterocycles. The summed E-state index contributed by atoms with van der Waals surface area (Å²) in [4.78, 5) is 11.9. The maximum absolute atomic E-state index is 11.9. The number of nitrogens with one attached hydrogen (secondary N) is 1. The first-order valence-corrected chi connectivity index (χ1v) is 7.22. The van der Waals surface area contributed by atoms with Gasteiger partial charge in [0.05, 0.1) is 7.11 Å². The van der Waals surface area contributed by atoms with Crippen molar-refractivity contribution >= 4 is 5.97 Å². The lowest BCUT2D eigenvalue weighted by Crippen LogP contribution is -2.53. The van der Waals surface area contributed by atoms with Gasteiger partial charge in [0, 0.05) is 6.04 Å². The Hall–Kier alpha value is -1.35. The molecule has 0 aliphatic heterocycles. The molecule has 1 aliphatic carbocycles. The maximum Gasteiger partial charge on any atom is 0.325 e. The minimum absolute atomic E-state index is 0.111. The van der Waals surface area contributed by atoms with E-state index in [1.807, 2.05) is 13.8 Å². The van der Waals surface area contributed by atoms with E-state index in [-0.39, 0.29) is 17.4 Å². The highest BCUT2D eigenvalue weighted by Gasteiger charge is 2.41. The van der Waals surface area contributed by atoms with Gasteiger partial charge in [0.1, 0.15) is 5.54 Å². The van der Waals surface area contributed by atoms with E-state index in [1.165, 1.54) is 18.2 Å². The highest BCUT2D eigenvalue weighted by atomic mass is 16.5. The largest absolute Gasteiger partial charge is 0.468 e. The lowest BCUT2D eigenvalue weighted by Gasteiger charge is -2.44. The minimum atomic E-state index is -0.693. The normalized spacial score (nSPS) is 21.1. The fourth-order valence-corrected chi connectivity index (χ4v) is 3.01. The van der Waals surface area contributed by atoms with Crippen molar-refractivity contribution in [2.45, 2.75) is 52.1 Å². The molecule has 110 valence electrons. The Morgan fingerprint density at radius 1 is 1.35 bits per heavy atom. The van der Waals surface area contributed by atoms with Gasteiger partial charge in [-0.2, -0.15) is 0 Å². The number of ether oxygens (including phenoxy) is 1. The molecule has 0 saturated heterocycles. The van der Waals surface area contributed by atoms with Gasteiger partial charge in [0.2, 0.25) is 0 Å². The van der Waals surface area contributed by atoms with Crippen LogP contribution in [0.5, 0.6) is 0 Å². The zero-order valence-corrected chi connectivity index (χ0v) is 13.1. The third-order valence-electron chi connectivity index (χ3n) is 4.39. The minimum Gasteiger partial charge on any atom is -0.468 e. The Kier molecular flexibility index (Phi) is 3.92. The highest BCUT2D eigenvalue weighted by Crippen LogP contribution is 2.44. The average molecular weight is 275 g/mol. The molecule has 0 fully saturated rings. The number of esters is 1. The highest BCUT2D eigenvalue weighted by molar-refractivity contribution is 5.79. The summed E-state index contributed by atoms with van der Waals surface area (Å²) < 4.78 is 4.91. The second kappa shape index (κ2) is 5.21. The van der Waals surface area contributed by atoms with Crippen LogP contribution in [0, 0.1) is 5.41 Å². The smallest absolute Gasteiger partial charge is 0.325 e. The van der Waals surface area contributed by atoms with Crippen LogP contribution in [0.4, 0.5) is 0 Å². The molecule has 0 saturated carbocycles. The summed E-state index contributed by atoms with van der Waals surface area (Å²) in [5.41, 5.74) is 2.10. The van der Waals surface area contributed by atoms with Crippen LogP contribution >= 0.6 is 0 Å². The fourth-order valence-electron chi connectivity index (χ4n) is 3.01. The fraction of sp³-hybridized carbons (Fsp3) is 0.588. The molecule has 1 N–H and O–H groups in total. The number of hydrogen-bond acceptors (Lipinski definition) is 3. The number of aryl methyl sites for hydroxylation is 1. The van der Waals surface area contributed by atoms with Crippen molar-refractivity contribution in [1.82, 2.24) is 5.32 Å². The van der Waals surface area contributed by atoms with E-state index < -0.39 is 5.54 Å². The van der Waals surface area contributed by atoms with E-state index >= 15 is 0 Å². The molecule has 3 nitrogen and oxygen atoms in total. The Labute approximate surface area is 121 Å². The predicted octanol–water partition coefficient (Wildman–Crippen LogP) is 3.24. The quantitative estimate of drug-likeness (QED) is 0.861. The monoisotopic (exact) mass is 275 g/mol. The van der Waals surface area contributed by atoms with Crippen molar-refractivity contribution in [3.63, 3.8) is 0 Å². The van der Waals surface area contributed by atoms with Crippen LogP contribution in [-0.2, 0) is 16.0 Å². The van der Waals surface area contributed by atoms with Gasteiger partial charge in [-0.1, -0.05) is 38.1 Å². The predicted molar refractivity (Wildman–Crippen MR) is 80.5 cm³/mol. The van der Waals surface area contributed by atoms with Gasteiger partial charge >= 0.3 is 5.97 Å². The summed E-state index contributed by atoms with van der Waals surface area (Å²) in [5.74, 6) is -0.226. The molecule has 0 spiro atoms. The Balaban J connectivity index is 2.36. The number of hydrogen-bond donors (Lipinski definition) is 1. The van der Waals surface area contributed by atoms with Gasteiger partial charge in [-0.15, -0.1) is 0 Å². The maximum atomic E-state index is 11.9. The third-order valence-corrected chi connectivity index (χ3v) is 4.39. The summed E-state index contributed by atoms with van der Waals surface area (Å²) in [6.07, 6.45) is 2.21. The van der Waals surface area contributed by atoms with Crippen molar-refractivity contribution in [3.05, 3.63) is 35.4 Å². The number of rotatable bonds is 3. The van der Waals surface area contributed by atoms with E-state index in [1.54, 1.807) is 0 Å². The average Bonchev–Trinajstić information content (AvgIpc) is 2.41. The SMILES string of the molecule is COC(=O)C(C)(C)NC1c2ccccc2CCC1(C)C. The van der Waals surface area contributed by atoms with Crippen molar-refractivity contribution in [2.24, 2.45) is 5.41 Å². The Bertz CT molecular complexity index is 505. The molecule has 20 heavy (non-hydrogen) atoms. The standard InChI is InChI=1S/C17H25NO2/c1-16(2)11-10-12-8-6-7-9-13(12)14(16)18-17(3,4)15(19)20-5/h6-9,14,18H,10-11H2,1-5H3. The Morgan fingerprint density at radius 3 is 2.65 bits per heavy atom. The lowest BCUT2D eigenvalue weighted by molar-refractivity contribution is -0.148. The summed E-state index contributed by atoms with van der Waals surface area (Å²) in [7, 11) is 1.44. The number of carbonyl (C=O) groups is 1. The molecule has 3 heteroatoms. The van der Waals surface area contributed by atoms with Gasteiger partial charge in [0.15, 0.2) is 0 Å². The first kappa shape index (κ1) is 15.0. The van der Waals surface area contributed by atoms with Crippen molar-refractivity contribution < 1.29 is 9.53 Å². The van der Waals surface area contributed by atoms with Crippen LogP contribution in [0.15, 0.2) is 24.3 Å². The van der Waals surface area contributed by atoms with E-state index in [0.717, 1.165) is 12.8 Å². The van der Waals surface area contributed by atoms with Gasteiger partial charge in [-0.25, -0.2) is 0 Å². The van der Waals surface area contributed by atoms with E-state index in [4.69, 9.17) is 4.74 Å². The molecule has 0 radical (unpaired) electrons. The van der Waals surface area contributed by atoms with Crippen LogP contribution in [0.25, 0.3) is 0 Å². The van der Waals surface area contributed by atoms with Crippen molar-refractivity contribution in [1.29, 1.82) is 0 Å². The number of carbonyl (C=O) groups excluding carboxylic acids is 1. The second-order valence-corrected chi connectivity index (χ2v) is 6.88. The topological polar surface area (TPSA) is 38.3 Å². The van der Waals surface area contributed by atoms with E-state index in [9.17, 15) is 4.79 Å². The zero-order valence-electron chi connectivity index (χ0n) is 13.1. The molecule has 1 aromatic carbocycles. The summed E-state index contributed by atoms with van der Waals surface area (Å²) in [6, 6.07) is 8.66. The van der Waals surface area contributed by atoms with Crippen LogP contribution in [-0.4, -0.2) is 18.6 Å². The summed E-state index contributed by atoms with van der Waals surface area (Å²) >= 11 is 0. The number of benzene rings is 1. The van der Waals surface area contributed by atoms with Gasteiger partial charge in [-0.05, 0) is 43.2 Å². The molecule has 0 bridgehead atoms. The second-order valence-electron chi connectivity index (χ2n) is 6.88. The summed E-state index contributed by atoms with van der Waals surface area (Å²) in [6.45, 7) is 8.28. The molecule has 0 amide bonds. The van der Waals surface area contributed by atoms with E-state index in [0.29, 0.717) is 0 Å². The first-order valence-electron chi connectivity index (χ1n) is 7.22. The van der Waals surface area contributed by atoms with Gasteiger partial charge in [0.25, 0.3) is 0 Å². The molecule has 1 atom stereocenters. The van der Waals surface area contributed by atoms with Crippen LogP contribution in [0.1, 0.15) is 51.3 Å².